The fourth-order valence-corrected chi connectivity index (χ4v) is 6.16. The van der Waals surface area contributed by atoms with Crippen molar-refractivity contribution in [1.29, 1.82) is 0 Å². The first kappa shape index (κ1) is 26.6. The normalized spacial score (nSPS) is 16.1. The molecule has 1 aromatic heterocycles. The minimum Gasteiger partial charge on any atom is -0.354 e. The Labute approximate surface area is 241 Å². The van der Waals surface area contributed by atoms with Gasteiger partial charge in [0, 0.05) is 22.0 Å². The Bertz CT molecular complexity index is 1690. The summed E-state index contributed by atoms with van der Waals surface area (Å²) < 4.78 is 0. The molecule has 0 aliphatic carbocycles. The third kappa shape index (κ3) is 4.93. The minimum absolute atomic E-state index is 0.108. The van der Waals surface area contributed by atoms with Crippen LogP contribution in [-0.2, 0) is 4.79 Å². The number of fused-ring (bicyclic) bond motifs is 2. The van der Waals surface area contributed by atoms with E-state index in [0.717, 1.165) is 38.9 Å². The molecule has 2 heterocycles. The molecule has 3 unspecified atom stereocenters. The van der Waals surface area contributed by atoms with Crippen LogP contribution in [0.5, 0.6) is 0 Å². The highest BCUT2D eigenvalue weighted by Crippen LogP contribution is 2.47. The quantitative estimate of drug-likeness (QED) is 0.212. The molecule has 0 saturated heterocycles. The van der Waals surface area contributed by atoms with Gasteiger partial charge in [0.25, 0.3) is 5.91 Å². The van der Waals surface area contributed by atoms with Crippen molar-refractivity contribution in [3.8, 4) is 11.3 Å². The van der Waals surface area contributed by atoms with E-state index < -0.39 is 12.1 Å². The minimum atomic E-state index is -0.650. The first-order valence-corrected chi connectivity index (χ1v) is 14.4. The van der Waals surface area contributed by atoms with Gasteiger partial charge >= 0.3 is 0 Å². The molecule has 1 aliphatic rings. The van der Waals surface area contributed by atoms with Crippen molar-refractivity contribution in [2.45, 2.75) is 45.3 Å². The van der Waals surface area contributed by atoms with Gasteiger partial charge in [-0.1, -0.05) is 111 Å². The van der Waals surface area contributed by atoms with Gasteiger partial charge in [0.05, 0.1) is 17.8 Å². The zero-order chi connectivity index (χ0) is 28.5. The molecule has 5 heteroatoms. The topological polar surface area (TPSA) is 65.2 Å². The number of hydrogen-bond donors (Lipinski definition) is 2. The summed E-state index contributed by atoms with van der Waals surface area (Å²) >= 11 is 0. The van der Waals surface area contributed by atoms with E-state index in [-0.39, 0.29) is 23.8 Å². The summed E-state index contributed by atoms with van der Waals surface area (Å²) in [7, 11) is 0. The monoisotopic (exact) mass is 541 g/mol. The zero-order valence-electron chi connectivity index (χ0n) is 23.7. The highest BCUT2D eigenvalue weighted by molar-refractivity contribution is 6.04. The van der Waals surface area contributed by atoms with Gasteiger partial charge in [0.1, 0.15) is 6.04 Å². The predicted molar refractivity (Wildman–Crippen MR) is 164 cm³/mol. The molecule has 2 amide bonds. The van der Waals surface area contributed by atoms with Gasteiger partial charge in [-0.3, -0.25) is 9.59 Å². The van der Waals surface area contributed by atoms with Crippen molar-refractivity contribution in [3.63, 3.8) is 0 Å². The number of hydrogen-bond acceptors (Lipinski definition) is 2. The van der Waals surface area contributed by atoms with Crippen molar-refractivity contribution < 1.29 is 9.59 Å². The number of benzene rings is 4. The van der Waals surface area contributed by atoms with Gasteiger partial charge in [-0.15, -0.1) is 0 Å². The zero-order valence-corrected chi connectivity index (χ0v) is 23.7. The van der Waals surface area contributed by atoms with E-state index in [9.17, 15) is 9.59 Å². The Balaban J connectivity index is 1.51. The maximum absolute atomic E-state index is 14.3. The van der Waals surface area contributed by atoms with Crippen LogP contribution in [0.15, 0.2) is 109 Å². The fraction of sp³-hybridized carbons (Fsp3) is 0.222. The molecule has 0 radical (unpaired) electrons. The Kier molecular flexibility index (Phi) is 7.19. The number of rotatable bonds is 8. The SMILES string of the molecule is CC(C)CC(C(=O)NC(C)c1ccccc1)N1C(=O)c2ccccc2C1c1c(-c2ccccc2)[nH]c2ccccc12. The number of amides is 2. The van der Waals surface area contributed by atoms with Crippen LogP contribution in [-0.4, -0.2) is 27.7 Å². The molecule has 6 rings (SSSR count). The van der Waals surface area contributed by atoms with Crippen molar-refractivity contribution in [2.75, 3.05) is 0 Å². The molecule has 5 nitrogen and oxygen atoms in total. The van der Waals surface area contributed by atoms with Crippen molar-refractivity contribution in [3.05, 3.63) is 131 Å². The lowest BCUT2D eigenvalue weighted by molar-refractivity contribution is -0.127. The van der Waals surface area contributed by atoms with Gasteiger partial charge < -0.3 is 15.2 Å². The van der Waals surface area contributed by atoms with Gasteiger partial charge in [0.15, 0.2) is 0 Å². The van der Waals surface area contributed by atoms with Crippen LogP contribution >= 0.6 is 0 Å². The number of aromatic nitrogens is 1. The lowest BCUT2D eigenvalue weighted by Crippen LogP contribution is -2.50. The molecular formula is C36H35N3O2. The molecule has 41 heavy (non-hydrogen) atoms. The summed E-state index contributed by atoms with van der Waals surface area (Å²) in [5.41, 5.74) is 6.63. The molecule has 3 atom stereocenters. The Hall–Kier alpha value is -4.64. The first-order valence-electron chi connectivity index (χ1n) is 14.4. The highest BCUT2D eigenvalue weighted by atomic mass is 16.2. The van der Waals surface area contributed by atoms with Crippen molar-refractivity contribution >= 4 is 22.7 Å². The summed E-state index contributed by atoms with van der Waals surface area (Å²) in [6.07, 6.45) is 0.548. The number of carbonyl (C=O) groups is 2. The molecule has 0 saturated carbocycles. The molecule has 1 aliphatic heterocycles. The van der Waals surface area contributed by atoms with Crippen LogP contribution in [0.3, 0.4) is 0 Å². The van der Waals surface area contributed by atoms with E-state index in [2.05, 4.69) is 48.4 Å². The van der Waals surface area contributed by atoms with Crippen LogP contribution in [0.2, 0.25) is 0 Å². The third-order valence-electron chi connectivity index (χ3n) is 8.07. The Morgan fingerprint density at radius 1 is 0.829 bits per heavy atom. The van der Waals surface area contributed by atoms with Crippen LogP contribution in [0.4, 0.5) is 0 Å². The van der Waals surface area contributed by atoms with Crippen LogP contribution in [0, 0.1) is 5.92 Å². The number of carbonyl (C=O) groups excluding carboxylic acids is 2. The summed E-state index contributed by atoms with van der Waals surface area (Å²) in [5.74, 6) is -0.0446. The highest BCUT2D eigenvalue weighted by Gasteiger charge is 2.46. The Morgan fingerprint density at radius 3 is 2.20 bits per heavy atom. The average molecular weight is 542 g/mol. The average Bonchev–Trinajstić information content (AvgIpc) is 3.51. The fourth-order valence-electron chi connectivity index (χ4n) is 6.16. The molecule has 0 bridgehead atoms. The maximum atomic E-state index is 14.3. The van der Waals surface area contributed by atoms with E-state index in [1.807, 2.05) is 96.8 Å². The summed E-state index contributed by atoms with van der Waals surface area (Å²) in [6, 6.07) is 34.9. The summed E-state index contributed by atoms with van der Waals surface area (Å²) in [4.78, 5) is 34.0. The van der Waals surface area contributed by atoms with E-state index in [1.165, 1.54) is 0 Å². The molecule has 2 N–H and O–H groups in total. The van der Waals surface area contributed by atoms with Gasteiger partial charge in [0.2, 0.25) is 5.91 Å². The molecule has 0 fully saturated rings. The summed E-state index contributed by atoms with van der Waals surface area (Å²) in [5, 5.41) is 4.28. The van der Waals surface area contributed by atoms with E-state index in [0.29, 0.717) is 12.0 Å². The van der Waals surface area contributed by atoms with Crippen molar-refractivity contribution in [2.24, 2.45) is 5.92 Å². The van der Waals surface area contributed by atoms with E-state index >= 15 is 0 Å². The smallest absolute Gasteiger partial charge is 0.255 e. The number of nitrogens with zero attached hydrogens (tertiary/aromatic N) is 1. The predicted octanol–water partition coefficient (Wildman–Crippen LogP) is 7.67. The van der Waals surface area contributed by atoms with Gasteiger partial charge in [-0.2, -0.15) is 0 Å². The van der Waals surface area contributed by atoms with Crippen LogP contribution in [0.25, 0.3) is 22.2 Å². The first-order chi connectivity index (χ1) is 19.9. The number of para-hydroxylation sites is 1. The van der Waals surface area contributed by atoms with Gasteiger partial charge in [-0.25, -0.2) is 0 Å². The second kappa shape index (κ2) is 11.1. The number of aromatic amines is 1. The second-order valence-electron chi connectivity index (χ2n) is 11.3. The van der Waals surface area contributed by atoms with E-state index in [1.54, 1.807) is 0 Å². The number of H-pyrrole nitrogens is 1. The van der Waals surface area contributed by atoms with Crippen molar-refractivity contribution in [1.82, 2.24) is 15.2 Å². The van der Waals surface area contributed by atoms with Gasteiger partial charge in [-0.05, 0) is 48.1 Å². The van der Waals surface area contributed by atoms with E-state index in [4.69, 9.17) is 0 Å². The standard InChI is InChI=1S/C36H35N3O2/c1-23(2)22-31(35(40)37-24(3)25-14-6-4-7-15-25)39-34(27-18-10-11-19-28(27)36(39)41)32-29-20-12-13-21-30(29)38-33(32)26-16-8-5-9-17-26/h4-21,23-24,31,34,38H,22H2,1-3H3,(H,37,40). The Morgan fingerprint density at radius 2 is 1.46 bits per heavy atom. The van der Waals surface area contributed by atoms with Crippen LogP contribution < -0.4 is 5.32 Å². The summed E-state index contributed by atoms with van der Waals surface area (Å²) in [6.45, 7) is 6.19. The lowest BCUT2D eigenvalue weighted by atomic mass is 9.91. The second-order valence-corrected chi connectivity index (χ2v) is 11.3. The largest absolute Gasteiger partial charge is 0.354 e. The molecule has 4 aromatic carbocycles. The molecule has 5 aromatic rings. The lowest BCUT2D eigenvalue weighted by Gasteiger charge is -2.35. The molecule has 0 spiro atoms. The molecule has 206 valence electrons. The maximum Gasteiger partial charge on any atom is 0.255 e. The third-order valence-corrected chi connectivity index (χ3v) is 8.07. The molecular weight excluding hydrogens is 506 g/mol. The number of nitrogens with one attached hydrogen (secondary N) is 2. The van der Waals surface area contributed by atoms with Crippen LogP contribution in [0.1, 0.15) is 66.3 Å².